The van der Waals surface area contributed by atoms with Gasteiger partial charge < -0.3 is 9.47 Å². The molecule has 1 saturated heterocycles. The Morgan fingerprint density at radius 3 is 2.67 bits per heavy atom. The minimum Gasteiger partial charge on any atom is -0.446 e. The molecule has 0 saturated carbocycles. The molecule has 0 aromatic heterocycles. The fourth-order valence-corrected chi connectivity index (χ4v) is 2.23. The van der Waals surface area contributed by atoms with Crippen LogP contribution >= 0.6 is 0 Å². The topological polar surface area (TPSA) is 47.6 Å². The van der Waals surface area contributed by atoms with E-state index < -0.39 is 5.41 Å². The standard InChI is InChI=1S/C17H25NO3/c1-17(2,3)16(19)21-15-14(9-10-18-15)12-20-11-13-7-5-4-6-8-13/h4-8,14-15,18H,9-12H2,1-3H3. The molecule has 1 aliphatic rings. The first kappa shape index (κ1) is 16.0. The van der Waals surface area contributed by atoms with Crippen molar-refractivity contribution in [3.8, 4) is 0 Å². The second-order valence-electron chi connectivity index (χ2n) is 6.58. The van der Waals surface area contributed by atoms with Gasteiger partial charge >= 0.3 is 5.97 Å². The van der Waals surface area contributed by atoms with Crippen LogP contribution in [0.15, 0.2) is 30.3 Å². The van der Waals surface area contributed by atoms with Crippen LogP contribution in [0.25, 0.3) is 0 Å². The van der Waals surface area contributed by atoms with Gasteiger partial charge in [-0.25, -0.2) is 0 Å². The molecule has 2 rings (SSSR count). The van der Waals surface area contributed by atoms with E-state index in [2.05, 4.69) is 5.32 Å². The van der Waals surface area contributed by atoms with E-state index in [1.54, 1.807) is 0 Å². The van der Waals surface area contributed by atoms with E-state index in [9.17, 15) is 4.79 Å². The highest BCUT2D eigenvalue weighted by atomic mass is 16.6. The van der Waals surface area contributed by atoms with E-state index >= 15 is 0 Å². The van der Waals surface area contributed by atoms with Gasteiger partial charge in [0.1, 0.15) is 0 Å². The van der Waals surface area contributed by atoms with Gasteiger partial charge in [-0.2, -0.15) is 0 Å². The van der Waals surface area contributed by atoms with Gasteiger partial charge in [0, 0.05) is 5.92 Å². The maximum absolute atomic E-state index is 12.0. The Morgan fingerprint density at radius 1 is 1.29 bits per heavy atom. The second kappa shape index (κ2) is 7.05. The molecule has 116 valence electrons. The largest absolute Gasteiger partial charge is 0.446 e. The summed E-state index contributed by atoms with van der Waals surface area (Å²) >= 11 is 0. The lowest BCUT2D eigenvalue weighted by atomic mass is 9.97. The minimum absolute atomic E-state index is 0.171. The minimum atomic E-state index is -0.473. The molecule has 1 N–H and O–H groups in total. The van der Waals surface area contributed by atoms with Crippen molar-refractivity contribution in [1.29, 1.82) is 0 Å². The van der Waals surface area contributed by atoms with Crippen LogP contribution < -0.4 is 5.32 Å². The summed E-state index contributed by atoms with van der Waals surface area (Å²) in [5.41, 5.74) is 0.686. The predicted molar refractivity (Wildman–Crippen MR) is 81.5 cm³/mol. The fraction of sp³-hybridized carbons (Fsp3) is 0.588. The molecule has 1 fully saturated rings. The number of carbonyl (C=O) groups is 1. The first-order valence-corrected chi connectivity index (χ1v) is 7.53. The second-order valence-corrected chi connectivity index (χ2v) is 6.58. The average molecular weight is 291 g/mol. The summed E-state index contributed by atoms with van der Waals surface area (Å²) in [6, 6.07) is 10.1. The monoisotopic (exact) mass is 291 g/mol. The summed E-state index contributed by atoms with van der Waals surface area (Å²) in [5, 5.41) is 3.24. The summed E-state index contributed by atoms with van der Waals surface area (Å²) in [5.74, 6) is 0.0509. The normalized spacial score (nSPS) is 22.2. The number of ether oxygens (including phenoxy) is 2. The number of carbonyl (C=O) groups excluding carboxylic acids is 1. The third-order valence-electron chi connectivity index (χ3n) is 3.58. The first-order chi connectivity index (χ1) is 9.97. The molecular formula is C17H25NO3. The summed E-state index contributed by atoms with van der Waals surface area (Å²) in [6.07, 6.45) is 0.740. The SMILES string of the molecule is CC(C)(C)C(=O)OC1NCCC1COCc1ccccc1. The summed E-state index contributed by atoms with van der Waals surface area (Å²) in [7, 11) is 0. The first-order valence-electron chi connectivity index (χ1n) is 7.53. The highest BCUT2D eigenvalue weighted by molar-refractivity contribution is 5.75. The molecule has 2 atom stereocenters. The van der Waals surface area contributed by atoms with Crippen LogP contribution in [-0.2, 0) is 20.9 Å². The van der Waals surface area contributed by atoms with Gasteiger partial charge in [0.25, 0.3) is 0 Å². The number of rotatable bonds is 5. The highest BCUT2D eigenvalue weighted by Crippen LogP contribution is 2.22. The van der Waals surface area contributed by atoms with Crippen molar-refractivity contribution < 1.29 is 14.3 Å². The Kier molecular flexibility index (Phi) is 5.37. The molecule has 4 nitrogen and oxygen atoms in total. The Balaban J connectivity index is 1.78. The molecular weight excluding hydrogens is 266 g/mol. The Bertz CT molecular complexity index is 453. The highest BCUT2D eigenvalue weighted by Gasteiger charge is 2.33. The van der Waals surface area contributed by atoms with Crippen molar-refractivity contribution in [1.82, 2.24) is 5.32 Å². The van der Waals surface area contributed by atoms with Crippen LogP contribution in [0.2, 0.25) is 0 Å². The zero-order valence-corrected chi connectivity index (χ0v) is 13.1. The maximum Gasteiger partial charge on any atom is 0.312 e. The summed E-state index contributed by atoms with van der Waals surface area (Å²) in [4.78, 5) is 12.0. The van der Waals surface area contributed by atoms with E-state index in [-0.39, 0.29) is 18.1 Å². The van der Waals surface area contributed by atoms with Crippen LogP contribution in [0.1, 0.15) is 32.8 Å². The van der Waals surface area contributed by atoms with Crippen LogP contribution in [0.5, 0.6) is 0 Å². The molecule has 0 aliphatic carbocycles. The van der Waals surface area contributed by atoms with Crippen LogP contribution in [0, 0.1) is 11.3 Å². The lowest BCUT2D eigenvalue weighted by Crippen LogP contribution is -2.38. The number of hydrogen-bond acceptors (Lipinski definition) is 4. The molecule has 0 amide bonds. The van der Waals surface area contributed by atoms with Crippen molar-refractivity contribution in [3.63, 3.8) is 0 Å². The molecule has 0 radical (unpaired) electrons. The number of benzene rings is 1. The predicted octanol–water partition coefficient (Wildman–Crippen LogP) is 2.73. The Morgan fingerprint density at radius 2 is 2.00 bits per heavy atom. The number of nitrogens with one attached hydrogen (secondary N) is 1. The zero-order chi connectivity index (χ0) is 15.3. The van der Waals surface area contributed by atoms with Crippen LogP contribution in [0.4, 0.5) is 0 Å². The van der Waals surface area contributed by atoms with Crippen molar-refractivity contribution in [2.75, 3.05) is 13.2 Å². The molecule has 0 bridgehead atoms. The third kappa shape index (κ3) is 4.83. The van der Waals surface area contributed by atoms with Crippen molar-refractivity contribution in [3.05, 3.63) is 35.9 Å². The molecule has 1 heterocycles. The molecule has 1 aromatic rings. The van der Waals surface area contributed by atoms with Gasteiger partial charge in [-0.3, -0.25) is 10.1 Å². The van der Waals surface area contributed by atoms with E-state index in [1.807, 2.05) is 51.1 Å². The third-order valence-corrected chi connectivity index (χ3v) is 3.58. The van der Waals surface area contributed by atoms with Crippen molar-refractivity contribution in [2.45, 2.75) is 40.0 Å². The van der Waals surface area contributed by atoms with Gasteiger partial charge in [0.05, 0.1) is 18.6 Å². The van der Waals surface area contributed by atoms with Crippen molar-refractivity contribution >= 4 is 5.97 Å². The summed E-state index contributed by atoms with van der Waals surface area (Å²) < 4.78 is 11.3. The lowest BCUT2D eigenvalue weighted by Gasteiger charge is -2.24. The summed E-state index contributed by atoms with van der Waals surface area (Å²) in [6.45, 7) is 7.66. The van der Waals surface area contributed by atoms with Gasteiger partial charge in [-0.05, 0) is 39.3 Å². The van der Waals surface area contributed by atoms with Crippen LogP contribution in [-0.4, -0.2) is 25.3 Å². The molecule has 2 unspecified atom stereocenters. The number of hydrogen-bond donors (Lipinski definition) is 1. The smallest absolute Gasteiger partial charge is 0.312 e. The van der Waals surface area contributed by atoms with Gasteiger partial charge in [0.15, 0.2) is 6.23 Å². The lowest BCUT2D eigenvalue weighted by molar-refractivity contribution is -0.162. The van der Waals surface area contributed by atoms with E-state index in [0.29, 0.717) is 13.2 Å². The van der Waals surface area contributed by atoms with E-state index in [1.165, 1.54) is 0 Å². The van der Waals surface area contributed by atoms with Gasteiger partial charge in [0.2, 0.25) is 0 Å². The molecule has 0 spiro atoms. The zero-order valence-electron chi connectivity index (χ0n) is 13.1. The molecule has 4 heteroatoms. The fourth-order valence-electron chi connectivity index (χ4n) is 2.23. The molecule has 1 aliphatic heterocycles. The maximum atomic E-state index is 12.0. The van der Waals surface area contributed by atoms with Crippen LogP contribution in [0.3, 0.4) is 0 Å². The molecule has 1 aromatic carbocycles. The average Bonchev–Trinajstić information content (AvgIpc) is 2.86. The van der Waals surface area contributed by atoms with E-state index in [4.69, 9.17) is 9.47 Å². The Labute approximate surface area is 126 Å². The van der Waals surface area contributed by atoms with E-state index in [0.717, 1.165) is 18.5 Å². The van der Waals surface area contributed by atoms with Gasteiger partial charge in [-0.1, -0.05) is 30.3 Å². The quantitative estimate of drug-likeness (QED) is 0.847. The number of esters is 1. The van der Waals surface area contributed by atoms with Gasteiger partial charge in [-0.15, -0.1) is 0 Å². The van der Waals surface area contributed by atoms with Crippen molar-refractivity contribution in [2.24, 2.45) is 11.3 Å². The molecule has 21 heavy (non-hydrogen) atoms. The Hall–Kier alpha value is -1.39.